The summed E-state index contributed by atoms with van der Waals surface area (Å²) in [6, 6.07) is 14.4. The molecule has 7 heteroatoms. The molecule has 0 spiro atoms. The summed E-state index contributed by atoms with van der Waals surface area (Å²) < 4.78 is 30.6. The van der Waals surface area contributed by atoms with E-state index in [0.29, 0.717) is 23.3 Å². The predicted molar refractivity (Wildman–Crippen MR) is 120 cm³/mol. The monoisotopic (exact) mass is 442 g/mol. The average molecular weight is 443 g/mol. The van der Waals surface area contributed by atoms with Crippen molar-refractivity contribution < 1.29 is 23.4 Å². The van der Waals surface area contributed by atoms with E-state index >= 15 is 0 Å². The van der Waals surface area contributed by atoms with E-state index in [4.69, 9.17) is 14.2 Å². The topological polar surface area (TPSA) is 51.2 Å². The molecule has 0 atom stereocenters. The Kier molecular flexibility index (Phi) is 7.47. The van der Waals surface area contributed by atoms with E-state index in [2.05, 4.69) is 4.90 Å². The van der Waals surface area contributed by atoms with Gasteiger partial charge in [-0.2, -0.15) is 0 Å². The van der Waals surface area contributed by atoms with Crippen molar-refractivity contribution in [2.24, 2.45) is 0 Å². The van der Waals surface area contributed by atoms with E-state index in [1.165, 1.54) is 6.07 Å². The molecule has 0 saturated carbocycles. The lowest BCUT2D eigenvalue weighted by atomic mass is 9.99. The number of hydrogen-bond acceptors (Lipinski definition) is 5. The summed E-state index contributed by atoms with van der Waals surface area (Å²) >= 11 is 0. The lowest BCUT2D eigenvalue weighted by Gasteiger charge is -2.41. The van der Waals surface area contributed by atoms with E-state index in [1.54, 1.807) is 31.4 Å². The summed E-state index contributed by atoms with van der Waals surface area (Å²) in [5.74, 6) is 1.25. The molecule has 2 aromatic carbocycles. The number of halogens is 1. The molecule has 0 unspecified atom stereocenters. The van der Waals surface area contributed by atoms with Gasteiger partial charge in [-0.3, -0.25) is 9.69 Å². The SMILES string of the molecule is COc1ccccc1OCC(=O)N1CCC(N2CCC(Oc3ccccc3F)CC2)CC1. The summed E-state index contributed by atoms with van der Waals surface area (Å²) in [6.07, 6.45) is 3.75. The van der Waals surface area contributed by atoms with Crippen LogP contribution >= 0.6 is 0 Å². The molecule has 0 aliphatic carbocycles. The third kappa shape index (κ3) is 5.51. The van der Waals surface area contributed by atoms with E-state index in [9.17, 15) is 9.18 Å². The maximum Gasteiger partial charge on any atom is 0.260 e. The Balaban J connectivity index is 1.19. The normalized spacial score (nSPS) is 18.4. The second-order valence-corrected chi connectivity index (χ2v) is 8.34. The number of likely N-dealkylation sites (tertiary alicyclic amines) is 2. The van der Waals surface area contributed by atoms with Crippen LogP contribution in [0.2, 0.25) is 0 Å². The molecule has 0 bridgehead atoms. The highest BCUT2D eigenvalue weighted by atomic mass is 19.1. The summed E-state index contributed by atoms with van der Waals surface area (Å²) in [5.41, 5.74) is 0. The minimum atomic E-state index is -0.304. The molecule has 32 heavy (non-hydrogen) atoms. The number of nitrogens with zero attached hydrogens (tertiary/aromatic N) is 2. The highest BCUT2D eigenvalue weighted by molar-refractivity contribution is 5.78. The number of hydrogen-bond donors (Lipinski definition) is 0. The van der Waals surface area contributed by atoms with E-state index in [1.807, 2.05) is 23.1 Å². The van der Waals surface area contributed by atoms with Crippen LogP contribution in [-0.2, 0) is 4.79 Å². The molecule has 2 heterocycles. The van der Waals surface area contributed by atoms with E-state index in [0.717, 1.165) is 51.9 Å². The molecule has 2 aliphatic rings. The second kappa shape index (κ2) is 10.7. The summed E-state index contributed by atoms with van der Waals surface area (Å²) in [4.78, 5) is 17.0. The van der Waals surface area contributed by atoms with Crippen molar-refractivity contribution in [3.63, 3.8) is 0 Å². The van der Waals surface area contributed by atoms with Gasteiger partial charge in [0.15, 0.2) is 29.7 Å². The first-order valence-electron chi connectivity index (χ1n) is 11.3. The number of amides is 1. The maximum atomic E-state index is 13.8. The lowest BCUT2D eigenvalue weighted by Crippen LogP contribution is -2.50. The van der Waals surface area contributed by atoms with Crippen molar-refractivity contribution in [2.45, 2.75) is 37.8 Å². The molecule has 2 fully saturated rings. The summed E-state index contributed by atoms with van der Waals surface area (Å²) in [6.45, 7) is 3.38. The van der Waals surface area contributed by atoms with Gasteiger partial charge in [-0.1, -0.05) is 24.3 Å². The summed E-state index contributed by atoms with van der Waals surface area (Å²) in [5, 5.41) is 0. The van der Waals surface area contributed by atoms with Crippen LogP contribution in [0.15, 0.2) is 48.5 Å². The fourth-order valence-electron chi connectivity index (χ4n) is 4.53. The standard InChI is InChI=1S/C25H31FN2O4/c1-30-23-8-4-5-9-24(23)31-18-25(29)28-14-10-19(11-15-28)27-16-12-20(13-17-27)32-22-7-3-2-6-21(22)26/h2-9,19-20H,10-18H2,1H3. The zero-order chi connectivity index (χ0) is 22.3. The third-order valence-corrected chi connectivity index (χ3v) is 6.36. The van der Waals surface area contributed by atoms with Gasteiger partial charge in [0.05, 0.1) is 7.11 Å². The Morgan fingerprint density at radius 1 is 0.906 bits per heavy atom. The molecule has 172 valence electrons. The number of rotatable bonds is 7. The smallest absolute Gasteiger partial charge is 0.260 e. The van der Waals surface area contributed by atoms with Gasteiger partial charge in [0.1, 0.15) is 6.10 Å². The van der Waals surface area contributed by atoms with Gasteiger partial charge >= 0.3 is 0 Å². The molecule has 2 saturated heterocycles. The van der Waals surface area contributed by atoms with Crippen molar-refractivity contribution in [1.29, 1.82) is 0 Å². The van der Waals surface area contributed by atoms with Crippen molar-refractivity contribution >= 4 is 5.91 Å². The van der Waals surface area contributed by atoms with Gasteiger partial charge in [-0.25, -0.2) is 4.39 Å². The molecule has 1 amide bonds. The fraction of sp³-hybridized carbons (Fsp3) is 0.480. The fourth-order valence-corrected chi connectivity index (χ4v) is 4.53. The van der Waals surface area contributed by atoms with Crippen molar-refractivity contribution in [1.82, 2.24) is 9.80 Å². The van der Waals surface area contributed by atoms with Gasteiger partial charge in [0.2, 0.25) is 0 Å². The first-order chi connectivity index (χ1) is 15.6. The zero-order valence-corrected chi connectivity index (χ0v) is 18.5. The van der Waals surface area contributed by atoms with Crippen LogP contribution in [0.3, 0.4) is 0 Å². The number of para-hydroxylation sites is 3. The number of carbonyl (C=O) groups is 1. The van der Waals surface area contributed by atoms with Crippen LogP contribution in [0.1, 0.15) is 25.7 Å². The average Bonchev–Trinajstić information content (AvgIpc) is 2.85. The van der Waals surface area contributed by atoms with Crippen LogP contribution in [-0.4, -0.2) is 67.7 Å². The highest BCUT2D eigenvalue weighted by Crippen LogP contribution is 2.27. The number of methoxy groups -OCH3 is 1. The molecule has 6 nitrogen and oxygen atoms in total. The van der Waals surface area contributed by atoms with Crippen LogP contribution < -0.4 is 14.2 Å². The minimum absolute atomic E-state index is 0.00588. The third-order valence-electron chi connectivity index (χ3n) is 6.36. The lowest BCUT2D eigenvalue weighted by molar-refractivity contribution is -0.135. The Labute approximate surface area is 188 Å². The predicted octanol–water partition coefficient (Wildman–Crippen LogP) is 3.75. The highest BCUT2D eigenvalue weighted by Gasteiger charge is 2.30. The van der Waals surface area contributed by atoms with E-state index in [-0.39, 0.29) is 24.4 Å². The molecule has 2 aromatic rings. The zero-order valence-electron chi connectivity index (χ0n) is 18.5. The number of piperidine rings is 2. The molecule has 0 radical (unpaired) electrons. The van der Waals surface area contributed by atoms with Gasteiger partial charge in [-0.05, 0) is 49.9 Å². The van der Waals surface area contributed by atoms with Crippen LogP contribution in [0.4, 0.5) is 4.39 Å². The van der Waals surface area contributed by atoms with Crippen molar-refractivity contribution in [3.8, 4) is 17.2 Å². The molecular formula is C25H31FN2O4. The Morgan fingerprint density at radius 3 is 2.19 bits per heavy atom. The van der Waals surface area contributed by atoms with Crippen LogP contribution in [0.5, 0.6) is 17.2 Å². The quantitative estimate of drug-likeness (QED) is 0.654. The maximum absolute atomic E-state index is 13.8. The van der Waals surface area contributed by atoms with Gasteiger partial charge < -0.3 is 19.1 Å². The van der Waals surface area contributed by atoms with Crippen molar-refractivity contribution in [3.05, 3.63) is 54.3 Å². The molecule has 0 N–H and O–H groups in total. The van der Waals surface area contributed by atoms with Crippen LogP contribution in [0, 0.1) is 5.82 Å². The van der Waals surface area contributed by atoms with Crippen LogP contribution in [0.25, 0.3) is 0 Å². The minimum Gasteiger partial charge on any atom is -0.493 e. The van der Waals surface area contributed by atoms with Gasteiger partial charge in [0.25, 0.3) is 5.91 Å². The largest absolute Gasteiger partial charge is 0.493 e. The Bertz CT molecular complexity index is 893. The first kappa shape index (κ1) is 22.4. The molecule has 4 rings (SSSR count). The number of ether oxygens (including phenoxy) is 3. The Morgan fingerprint density at radius 2 is 1.53 bits per heavy atom. The van der Waals surface area contributed by atoms with Gasteiger partial charge in [0, 0.05) is 32.2 Å². The molecule has 0 aromatic heterocycles. The molecular weight excluding hydrogens is 411 g/mol. The van der Waals surface area contributed by atoms with E-state index < -0.39 is 0 Å². The van der Waals surface area contributed by atoms with Gasteiger partial charge in [-0.15, -0.1) is 0 Å². The second-order valence-electron chi connectivity index (χ2n) is 8.34. The Hall–Kier alpha value is -2.80. The first-order valence-corrected chi connectivity index (χ1v) is 11.3. The number of carbonyl (C=O) groups excluding carboxylic acids is 1. The molecule has 2 aliphatic heterocycles. The summed E-state index contributed by atoms with van der Waals surface area (Å²) in [7, 11) is 1.59. The number of benzene rings is 2. The van der Waals surface area contributed by atoms with Crippen molar-refractivity contribution in [2.75, 3.05) is 39.9 Å².